The number of rotatable bonds is 3. The minimum atomic E-state index is -0.302. The van der Waals surface area contributed by atoms with Crippen LogP contribution in [0.2, 0.25) is 0 Å². The van der Waals surface area contributed by atoms with Crippen LogP contribution >= 0.6 is 0 Å². The predicted molar refractivity (Wildman–Crippen MR) is 88.9 cm³/mol. The van der Waals surface area contributed by atoms with Crippen molar-refractivity contribution in [2.24, 2.45) is 10.7 Å². The van der Waals surface area contributed by atoms with Crippen molar-refractivity contribution in [2.75, 3.05) is 26.0 Å². The molecule has 0 radical (unpaired) electrons. The van der Waals surface area contributed by atoms with Gasteiger partial charge in [-0.2, -0.15) is 0 Å². The van der Waals surface area contributed by atoms with Crippen LogP contribution in [0.15, 0.2) is 47.5 Å². The summed E-state index contributed by atoms with van der Waals surface area (Å²) in [6, 6.07) is 12.5. The third kappa shape index (κ3) is 2.61. The molecule has 0 aliphatic carbocycles. The highest BCUT2D eigenvalue weighted by atomic mass is 19.1. The molecule has 1 aliphatic rings. The van der Waals surface area contributed by atoms with Crippen molar-refractivity contribution in [1.82, 2.24) is 4.90 Å². The first-order valence-electron chi connectivity index (χ1n) is 7.21. The van der Waals surface area contributed by atoms with Gasteiger partial charge in [0.25, 0.3) is 0 Å². The molecule has 1 aliphatic heterocycles. The minimum absolute atomic E-state index is 0.0443. The third-order valence-electron chi connectivity index (χ3n) is 3.84. The summed E-state index contributed by atoms with van der Waals surface area (Å²) >= 11 is 0. The fourth-order valence-electron chi connectivity index (χ4n) is 2.67. The number of nitrogens with one attached hydrogen (secondary N) is 1. The second-order valence-electron chi connectivity index (χ2n) is 5.54. The summed E-state index contributed by atoms with van der Waals surface area (Å²) in [5.74, 6) is -0.302. The van der Waals surface area contributed by atoms with Crippen LogP contribution in [0.25, 0.3) is 0 Å². The van der Waals surface area contributed by atoms with Gasteiger partial charge in [-0.15, -0.1) is 0 Å². The zero-order valence-corrected chi connectivity index (χ0v) is 12.7. The van der Waals surface area contributed by atoms with Crippen LogP contribution in [0.3, 0.4) is 0 Å². The van der Waals surface area contributed by atoms with Crippen LogP contribution in [-0.2, 0) is 0 Å². The van der Waals surface area contributed by atoms with E-state index in [1.54, 1.807) is 6.07 Å². The van der Waals surface area contributed by atoms with Crippen molar-refractivity contribution < 1.29 is 4.39 Å². The molecule has 1 unspecified atom stereocenters. The Morgan fingerprint density at radius 2 is 1.95 bits per heavy atom. The minimum Gasteiger partial charge on any atom is -0.353 e. The Bertz CT molecular complexity index is 724. The zero-order valence-electron chi connectivity index (χ0n) is 12.7. The first kappa shape index (κ1) is 14.7. The van der Waals surface area contributed by atoms with Gasteiger partial charge < -0.3 is 11.1 Å². The van der Waals surface area contributed by atoms with E-state index in [2.05, 4.69) is 5.32 Å². The van der Waals surface area contributed by atoms with Crippen LogP contribution in [0.5, 0.6) is 0 Å². The largest absolute Gasteiger partial charge is 0.353 e. The van der Waals surface area contributed by atoms with E-state index in [9.17, 15) is 4.39 Å². The lowest BCUT2D eigenvalue weighted by atomic mass is 10.0. The molecule has 3 N–H and O–H groups in total. The standard InChI is InChI=1S/C17H19FN4/c1-22(2)16(10-19)17-12-5-3-4-6-13(12)20-14-8-7-11(18)9-15(14)21-17/h3-9,16,20H,10,19H2,1-2H3. The molecular formula is C17H19FN4. The summed E-state index contributed by atoms with van der Waals surface area (Å²) in [6.07, 6.45) is 0. The van der Waals surface area contributed by atoms with Gasteiger partial charge in [0, 0.05) is 23.9 Å². The molecule has 0 amide bonds. The van der Waals surface area contributed by atoms with Gasteiger partial charge in [-0.3, -0.25) is 4.90 Å². The first-order chi connectivity index (χ1) is 10.6. The number of para-hydroxylation sites is 1. The Hall–Kier alpha value is -2.24. The molecule has 2 aromatic rings. The number of halogens is 1. The normalized spacial score (nSPS) is 14.5. The van der Waals surface area contributed by atoms with E-state index in [0.29, 0.717) is 12.2 Å². The lowest BCUT2D eigenvalue weighted by Gasteiger charge is -2.25. The second kappa shape index (κ2) is 5.87. The molecule has 1 heterocycles. The van der Waals surface area contributed by atoms with Crippen molar-refractivity contribution in [3.05, 3.63) is 53.8 Å². The zero-order chi connectivity index (χ0) is 15.7. The molecule has 114 valence electrons. The highest BCUT2D eigenvalue weighted by Gasteiger charge is 2.24. The maximum absolute atomic E-state index is 13.6. The maximum Gasteiger partial charge on any atom is 0.125 e. The average Bonchev–Trinajstić information content (AvgIpc) is 2.64. The SMILES string of the molecule is CN(C)C(CN)C1=Nc2cc(F)ccc2Nc2ccccc21. The highest BCUT2D eigenvalue weighted by molar-refractivity contribution is 6.12. The number of fused-ring (bicyclic) bond motifs is 2. The number of nitrogens with two attached hydrogens (primary N) is 1. The first-order valence-corrected chi connectivity index (χ1v) is 7.21. The van der Waals surface area contributed by atoms with Crippen LogP contribution in [0.4, 0.5) is 21.5 Å². The lowest BCUT2D eigenvalue weighted by Crippen LogP contribution is -2.42. The fourth-order valence-corrected chi connectivity index (χ4v) is 2.67. The van der Waals surface area contributed by atoms with Gasteiger partial charge in [-0.05, 0) is 32.3 Å². The molecule has 2 aromatic carbocycles. The second-order valence-corrected chi connectivity index (χ2v) is 5.54. The molecular weight excluding hydrogens is 279 g/mol. The summed E-state index contributed by atoms with van der Waals surface area (Å²) in [5, 5.41) is 3.34. The van der Waals surface area contributed by atoms with E-state index in [4.69, 9.17) is 10.7 Å². The Labute approximate surface area is 129 Å². The molecule has 0 bridgehead atoms. The van der Waals surface area contributed by atoms with Crippen molar-refractivity contribution >= 4 is 22.8 Å². The van der Waals surface area contributed by atoms with Crippen LogP contribution in [0, 0.1) is 5.82 Å². The fraction of sp³-hybridized carbons (Fsp3) is 0.235. The van der Waals surface area contributed by atoms with Crippen LogP contribution in [0.1, 0.15) is 5.56 Å². The van der Waals surface area contributed by atoms with E-state index in [1.165, 1.54) is 12.1 Å². The van der Waals surface area contributed by atoms with Gasteiger partial charge in [-0.25, -0.2) is 9.38 Å². The van der Waals surface area contributed by atoms with Crippen molar-refractivity contribution in [3.8, 4) is 0 Å². The van der Waals surface area contributed by atoms with Gasteiger partial charge in [0.2, 0.25) is 0 Å². The molecule has 0 spiro atoms. The van der Waals surface area contributed by atoms with Gasteiger partial charge >= 0.3 is 0 Å². The molecule has 0 saturated heterocycles. The third-order valence-corrected chi connectivity index (χ3v) is 3.84. The summed E-state index contributed by atoms with van der Waals surface area (Å²) < 4.78 is 13.6. The Kier molecular flexibility index (Phi) is 3.92. The predicted octanol–water partition coefficient (Wildman–Crippen LogP) is 2.89. The number of hydrogen-bond donors (Lipinski definition) is 2. The van der Waals surface area contributed by atoms with E-state index >= 15 is 0 Å². The number of aliphatic imine (C=N–C) groups is 1. The molecule has 0 fully saturated rings. The summed E-state index contributed by atoms with van der Waals surface area (Å²) in [5.41, 5.74) is 10.1. The maximum atomic E-state index is 13.6. The number of benzene rings is 2. The summed E-state index contributed by atoms with van der Waals surface area (Å²) in [7, 11) is 3.93. The monoisotopic (exact) mass is 298 g/mol. The molecule has 0 saturated carbocycles. The van der Waals surface area contributed by atoms with Gasteiger partial charge in [0.15, 0.2) is 0 Å². The molecule has 1 atom stereocenters. The van der Waals surface area contributed by atoms with Gasteiger partial charge in [0.1, 0.15) is 5.82 Å². The Morgan fingerprint density at radius 1 is 1.18 bits per heavy atom. The molecule has 5 heteroatoms. The number of anilines is 2. The number of nitrogens with zero attached hydrogens (tertiary/aromatic N) is 2. The smallest absolute Gasteiger partial charge is 0.125 e. The van der Waals surface area contributed by atoms with E-state index in [-0.39, 0.29) is 11.9 Å². The summed E-state index contributed by atoms with van der Waals surface area (Å²) in [6.45, 7) is 0.435. The lowest BCUT2D eigenvalue weighted by molar-refractivity contribution is 0.367. The topological polar surface area (TPSA) is 53.6 Å². The van der Waals surface area contributed by atoms with E-state index in [1.807, 2.05) is 43.3 Å². The Morgan fingerprint density at radius 3 is 2.68 bits per heavy atom. The van der Waals surface area contributed by atoms with Gasteiger partial charge in [0.05, 0.1) is 23.1 Å². The number of likely N-dealkylation sites (N-methyl/N-ethyl adjacent to an activating group) is 1. The molecule has 0 aromatic heterocycles. The van der Waals surface area contributed by atoms with E-state index < -0.39 is 0 Å². The summed E-state index contributed by atoms with van der Waals surface area (Å²) in [4.78, 5) is 6.75. The Balaban J connectivity index is 2.23. The van der Waals surface area contributed by atoms with Crippen molar-refractivity contribution in [3.63, 3.8) is 0 Å². The van der Waals surface area contributed by atoms with Crippen LogP contribution < -0.4 is 11.1 Å². The van der Waals surface area contributed by atoms with E-state index in [0.717, 1.165) is 22.6 Å². The van der Waals surface area contributed by atoms with Crippen molar-refractivity contribution in [1.29, 1.82) is 0 Å². The highest BCUT2D eigenvalue weighted by Crippen LogP contribution is 2.35. The number of hydrogen-bond acceptors (Lipinski definition) is 4. The van der Waals surface area contributed by atoms with Crippen molar-refractivity contribution in [2.45, 2.75) is 6.04 Å². The van der Waals surface area contributed by atoms with Gasteiger partial charge in [-0.1, -0.05) is 18.2 Å². The molecule has 4 nitrogen and oxygen atoms in total. The average molecular weight is 298 g/mol. The van der Waals surface area contributed by atoms with Crippen LogP contribution in [-0.4, -0.2) is 37.3 Å². The quantitative estimate of drug-likeness (QED) is 0.916. The molecule has 3 rings (SSSR count). The molecule has 22 heavy (non-hydrogen) atoms.